The molecule has 0 atom stereocenters. The van der Waals surface area contributed by atoms with Crippen LogP contribution in [0.3, 0.4) is 0 Å². The largest absolute Gasteiger partial charge is 0.325 e. The molecule has 1 aromatic heterocycles. The van der Waals surface area contributed by atoms with Crippen molar-refractivity contribution in [3.05, 3.63) is 47.8 Å². The molecule has 3 nitrogen and oxygen atoms in total. The van der Waals surface area contributed by atoms with E-state index < -0.39 is 0 Å². The first-order chi connectivity index (χ1) is 8.90. The molecule has 18 heavy (non-hydrogen) atoms. The summed E-state index contributed by atoms with van der Waals surface area (Å²) in [5, 5.41) is 4.54. The summed E-state index contributed by atoms with van der Waals surface area (Å²) < 4.78 is 1.99. The van der Waals surface area contributed by atoms with Gasteiger partial charge in [-0.15, -0.1) is 0 Å². The Morgan fingerprint density at radius 1 is 1.17 bits per heavy atom. The Morgan fingerprint density at radius 2 is 1.89 bits per heavy atom. The van der Waals surface area contributed by atoms with Gasteiger partial charge in [0.2, 0.25) is 0 Å². The molecular weight excluding hydrogens is 222 g/mol. The van der Waals surface area contributed by atoms with Crippen molar-refractivity contribution in [2.24, 2.45) is 5.73 Å². The lowest BCUT2D eigenvalue weighted by atomic mass is 9.98. The third-order valence-corrected chi connectivity index (χ3v) is 3.89. The van der Waals surface area contributed by atoms with Gasteiger partial charge in [-0.2, -0.15) is 5.10 Å². The molecule has 3 rings (SSSR count). The molecule has 1 aliphatic rings. The lowest BCUT2D eigenvalue weighted by molar-refractivity contribution is 0.703. The van der Waals surface area contributed by atoms with Gasteiger partial charge in [-0.3, -0.25) is 0 Å². The van der Waals surface area contributed by atoms with E-state index in [2.05, 4.69) is 17.2 Å². The normalized spacial score (nSPS) is 16.3. The molecule has 1 aliphatic carbocycles. The van der Waals surface area contributed by atoms with Crippen LogP contribution < -0.4 is 5.73 Å². The van der Waals surface area contributed by atoms with Crippen molar-refractivity contribution in [1.29, 1.82) is 0 Å². The minimum absolute atomic E-state index is 0.556. The minimum atomic E-state index is 0.556. The van der Waals surface area contributed by atoms with Crippen molar-refractivity contribution < 1.29 is 0 Å². The fourth-order valence-corrected chi connectivity index (χ4v) is 2.96. The van der Waals surface area contributed by atoms with E-state index in [0.29, 0.717) is 12.5 Å². The predicted octanol–water partition coefficient (Wildman–Crippen LogP) is 2.99. The Balaban J connectivity index is 2.01. The topological polar surface area (TPSA) is 43.8 Å². The number of nitrogens with two attached hydrogens (primary N) is 1. The summed E-state index contributed by atoms with van der Waals surface area (Å²) in [5.74, 6) is 0.668. The number of hydrogen-bond acceptors (Lipinski definition) is 2. The summed E-state index contributed by atoms with van der Waals surface area (Å²) in [4.78, 5) is 0. The Labute approximate surface area is 108 Å². The van der Waals surface area contributed by atoms with E-state index in [0.717, 1.165) is 5.69 Å². The monoisotopic (exact) mass is 241 g/mol. The maximum atomic E-state index is 5.94. The van der Waals surface area contributed by atoms with Crippen molar-refractivity contribution in [2.75, 3.05) is 0 Å². The summed E-state index contributed by atoms with van der Waals surface area (Å²) in [7, 11) is 0. The molecule has 2 aromatic rings. The molecule has 0 bridgehead atoms. The Bertz CT molecular complexity index is 510. The van der Waals surface area contributed by atoms with E-state index in [-0.39, 0.29) is 0 Å². The van der Waals surface area contributed by atoms with Crippen molar-refractivity contribution in [2.45, 2.75) is 38.1 Å². The van der Waals surface area contributed by atoms with Gasteiger partial charge in [0.25, 0.3) is 0 Å². The summed E-state index contributed by atoms with van der Waals surface area (Å²) in [6.45, 7) is 0.556. The van der Waals surface area contributed by atoms with Gasteiger partial charge in [0.05, 0.1) is 17.6 Å². The van der Waals surface area contributed by atoms with Gasteiger partial charge in [0, 0.05) is 6.54 Å². The van der Waals surface area contributed by atoms with Crippen LogP contribution in [0.1, 0.15) is 42.9 Å². The van der Waals surface area contributed by atoms with Crippen molar-refractivity contribution >= 4 is 0 Å². The summed E-state index contributed by atoms with van der Waals surface area (Å²) >= 11 is 0. The van der Waals surface area contributed by atoms with E-state index >= 15 is 0 Å². The minimum Gasteiger partial charge on any atom is -0.325 e. The molecule has 2 N–H and O–H groups in total. The first kappa shape index (κ1) is 11.5. The highest BCUT2D eigenvalue weighted by Gasteiger charge is 2.22. The van der Waals surface area contributed by atoms with Crippen molar-refractivity contribution in [3.8, 4) is 5.69 Å². The maximum absolute atomic E-state index is 5.94. The zero-order valence-electron chi connectivity index (χ0n) is 10.5. The SMILES string of the molecule is NCc1c(C2CCCC2)cnn1-c1ccccc1. The van der Waals surface area contributed by atoms with E-state index in [4.69, 9.17) is 5.73 Å². The van der Waals surface area contributed by atoms with Gasteiger partial charge in [0.15, 0.2) is 0 Å². The van der Waals surface area contributed by atoms with Gasteiger partial charge in [-0.25, -0.2) is 4.68 Å². The van der Waals surface area contributed by atoms with Crippen LogP contribution in [-0.2, 0) is 6.54 Å². The first-order valence-electron chi connectivity index (χ1n) is 6.72. The molecule has 0 aliphatic heterocycles. The highest BCUT2D eigenvalue weighted by Crippen LogP contribution is 2.36. The van der Waals surface area contributed by atoms with Crippen LogP contribution in [0.2, 0.25) is 0 Å². The number of benzene rings is 1. The maximum Gasteiger partial charge on any atom is 0.0649 e. The summed E-state index contributed by atoms with van der Waals surface area (Å²) in [5.41, 5.74) is 9.57. The third-order valence-electron chi connectivity index (χ3n) is 3.89. The van der Waals surface area contributed by atoms with Crippen molar-refractivity contribution in [3.63, 3.8) is 0 Å². The van der Waals surface area contributed by atoms with Crippen LogP contribution in [-0.4, -0.2) is 9.78 Å². The van der Waals surface area contributed by atoms with Crippen LogP contribution in [0.5, 0.6) is 0 Å². The summed E-state index contributed by atoms with van der Waals surface area (Å²) in [6.07, 6.45) is 7.27. The molecule has 0 amide bonds. The molecule has 0 unspecified atom stereocenters. The van der Waals surface area contributed by atoms with E-state index in [9.17, 15) is 0 Å². The highest BCUT2D eigenvalue weighted by atomic mass is 15.3. The van der Waals surface area contributed by atoms with Gasteiger partial charge in [-0.05, 0) is 36.5 Å². The van der Waals surface area contributed by atoms with Crippen LogP contribution in [0.25, 0.3) is 5.69 Å². The van der Waals surface area contributed by atoms with E-state index in [1.54, 1.807) is 0 Å². The second kappa shape index (κ2) is 4.94. The number of aromatic nitrogens is 2. The first-order valence-corrected chi connectivity index (χ1v) is 6.72. The predicted molar refractivity (Wildman–Crippen MR) is 72.7 cm³/mol. The number of para-hydroxylation sites is 1. The lowest BCUT2D eigenvalue weighted by Gasteiger charge is -2.11. The Hall–Kier alpha value is -1.61. The lowest BCUT2D eigenvalue weighted by Crippen LogP contribution is -2.09. The smallest absolute Gasteiger partial charge is 0.0649 e. The number of hydrogen-bond donors (Lipinski definition) is 1. The third kappa shape index (κ3) is 1.95. The van der Waals surface area contributed by atoms with Crippen LogP contribution in [0, 0.1) is 0 Å². The molecule has 1 aromatic carbocycles. The number of nitrogens with zero attached hydrogens (tertiary/aromatic N) is 2. The fraction of sp³-hybridized carbons (Fsp3) is 0.400. The highest BCUT2D eigenvalue weighted by molar-refractivity contribution is 5.36. The number of rotatable bonds is 3. The molecule has 1 saturated carbocycles. The van der Waals surface area contributed by atoms with Gasteiger partial charge >= 0.3 is 0 Å². The molecule has 0 spiro atoms. The second-order valence-electron chi connectivity index (χ2n) is 4.98. The molecule has 0 saturated heterocycles. The van der Waals surface area contributed by atoms with Gasteiger partial charge in [0.1, 0.15) is 0 Å². The van der Waals surface area contributed by atoms with Crippen LogP contribution in [0.15, 0.2) is 36.5 Å². The van der Waals surface area contributed by atoms with E-state index in [1.165, 1.54) is 36.9 Å². The van der Waals surface area contributed by atoms with Crippen molar-refractivity contribution in [1.82, 2.24) is 9.78 Å². The van der Waals surface area contributed by atoms with Crippen LogP contribution >= 0.6 is 0 Å². The zero-order chi connectivity index (χ0) is 12.4. The summed E-state index contributed by atoms with van der Waals surface area (Å²) in [6, 6.07) is 10.2. The van der Waals surface area contributed by atoms with E-state index in [1.807, 2.05) is 29.1 Å². The standard InChI is InChI=1S/C15H19N3/c16-10-15-14(12-6-4-5-7-12)11-17-18(15)13-8-2-1-3-9-13/h1-3,8-9,11-12H,4-7,10,16H2. The van der Waals surface area contributed by atoms with Gasteiger partial charge < -0.3 is 5.73 Å². The average molecular weight is 241 g/mol. The molecule has 1 fully saturated rings. The quantitative estimate of drug-likeness (QED) is 0.897. The second-order valence-corrected chi connectivity index (χ2v) is 4.98. The zero-order valence-corrected chi connectivity index (χ0v) is 10.5. The Kier molecular flexibility index (Phi) is 3.15. The molecule has 1 heterocycles. The molecule has 94 valence electrons. The molecule has 0 radical (unpaired) electrons. The average Bonchev–Trinajstić information content (AvgIpc) is 3.08. The Morgan fingerprint density at radius 3 is 2.56 bits per heavy atom. The van der Waals surface area contributed by atoms with Gasteiger partial charge in [-0.1, -0.05) is 31.0 Å². The van der Waals surface area contributed by atoms with Crippen LogP contribution in [0.4, 0.5) is 0 Å². The fourth-order valence-electron chi connectivity index (χ4n) is 2.96. The molecular formula is C15H19N3. The molecule has 3 heteroatoms.